The van der Waals surface area contributed by atoms with Crippen LogP contribution in [0.5, 0.6) is 0 Å². The first-order valence-corrected chi connectivity index (χ1v) is 8.61. The first kappa shape index (κ1) is 17.9. The van der Waals surface area contributed by atoms with E-state index in [1.807, 2.05) is 23.6 Å². The van der Waals surface area contributed by atoms with Gasteiger partial charge in [0.1, 0.15) is 0 Å². The van der Waals surface area contributed by atoms with Gasteiger partial charge in [-0.25, -0.2) is 0 Å². The Labute approximate surface area is 140 Å². The summed E-state index contributed by atoms with van der Waals surface area (Å²) in [5, 5.41) is 4.46. The summed E-state index contributed by atoms with van der Waals surface area (Å²) in [6, 6.07) is 2.09. The first-order valence-electron chi connectivity index (χ1n) is 8.61. The molecular weight excluding hydrogens is 290 g/mol. The van der Waals surface area contributed by atoms with Gasteiger partial charge in [-0.3, -0.25) is 9.48 Å². The fourth-order valence-electron chi connectivity index (χ4n) is 3.00. The van der Waals surface area contributed by atoms with Crippen molar-refractivity contribution in [2.24, 2.45) is 0 Å². The van der Waals surface area contributed by atoms with Crippen LogP contribution in [0, 0.1) is 13.8 Å². The van der Waals surface area contributed by atoms with E-state index >= 15 is 0 Å². The van der Waals surface area contributed by atoms with Gasteiger partial charge in [0, 0.05) is 65.0 Å². The van der Waals surface area contributed by atoms with Crippen molar-refractivity contribution in [3.8, 4) is 0 Å². The van der Waals surface area contributed by atoms with E-state index < -0.39 is 0 Å². The largest absolute Gasteiger partial charge is 0.346 e. The minimum atomic E-state index is 0.247. The van der Waals surface area contributed by atoms with E-state index in [1.54, 1.807) is 0 Å². The molecule has 2 rings (SSSR count). The molecule has 1 saturated heterocycles. The van der Waals surface area contributed by atoms with Crippen LogP contribution in [0.2, 0.25) is 0 Å². The predicted molar refractivity (Wildman–Crippen MR) is 92.5 cm³/mol. The number of hydrogen-bond donors (Lipinski definition) is 0. The molecule has 6 nitrogen and oxygen atoms in total. The zero-order valence-electron chi connectivity index (χ0n) is 15.1. The van der Waals surface area contributed by atoms with Crippen LogP contribution in [0.25, 0.3) is 0 Å². The van der Waals surface area contributed by atoms with Crippen molar-refractivity contribution in [1.29, 1.82) is 0 Å². The third-order valence-corrected chi connectivity index (χ3v) is 4.63. The number of aryl methyl sites for hydroxylation is 3. The molecule has 0 radical (unpaired) electrons. The van der Waals surface area contributed by atoms with Crippen molar-refractivity contribution < 1.29 is 4.79 Å². The Morgan fingerprint density at radius 1 is 1.22 bits per heavy atom. The van der Waals surface area contributed by atoms with Crippen LogP contribution < -0.4 is 0 Å². The Bertz CT molecular complexity index is 505. The standard InChI is InChI=1S/C17H31N5O/c1-15-14-16(2)22(18-15)8-5-7-20(4)17(23)6-9-21-12-10-19(3)11-13-21/h14H,5-13H2,1-4H3. The summed E-state index contributed by atoms with van der Waals surface area (Å²) < 4.78 is 2.03. The van der Waals surface area contributed by atoms with Gasteiger partial charge >= 0.3 is 0 Å². The maximum Gasteiger partial charge on any atom is 0.223 e. The number of carbonyl (C=O) groups is 1. The number of likely N-dealkylation sites (N-methyl/N-ethyl adjacent to an activating group) is 1. The van der Waals surface area contributed by atoms with Gasteiger partial charge in [-0.1, -0.05) is 0 Å². The average Bonchev–Trinajstić information content (AvgIpc) is 2.84. The van der Waals surface area contributed by atoms with Gasteiger partial charge in [0.15, 0.2) is 0 Å². The Morgan fingerprint density at radius 2 is 1.91 bits per heavy atom. The van der Waals surface area contributed by atoms with Gasteiger partial charge in [0.2, 0.25) is 5.91 Å². The number of hydrogen-bond acceptors (Lipinski definition) is 4. The van der Waals surface area contributed by atoms with Gasteiger partial charge in [-0.2, -0.15) is 5.10 Å². The molecule has 1 aliphatic rings. The molecule has 1 aliphatic heterocycles. The molecule has 1 fully saturated rings. The molecule has 0 aromatic carbocycles. The zero-order valence-corrected chi connectivity index (χ0v) is 15.1. The highest BCUT2D eigenvalue weighted by molar-refractivity contribution is 5.76. The van der Waals surface area contributed by atoms with Crippen molar-refractivity contribution in [2.45, 2.75) is 33.2 Å². The highest BCUT2D eigenvalue weighted by atomic mass is 16.2. The van der Waals surface area contributed by atoms with Crippen molar-refractivity contribution in [2.75, 3.05) is 53.4 Å². The van der Waals surface area contributed by atoms with Gasteiger partial charge in [-0.05, 0) is 33.4 Å². The van der Waals surface area contributed by atoms with Crippen LogP contribution in [0.1, 0.15) is 24.2 Å². The smallest absolute Gasteiger partial charge is 0.223 e. The first-order chi connectivity index (χ1) is 11.0. The normalized spacial score (nSPS) is 16.7. The quantitative estimate of drug-likeness (QED) is 0.751. The second-order valence-corrected chi connectivity index (χ2v) is 6.71. The molecule has 2 heterocycles. The number of rotatable bonds is 7. The summed E-state index contributed by atoms with van der Waals surface area (Å²) in [5.41, 5.74) is 2.24. The summed E-state index contributed by atoms with van der Waals surface area (Å²) in [7, 11) is 4.06. The van der Waals surface area contributed by atoms with E-state index in [1.165, 1.54) is 5.69 Å². The van der Waals surface area contributed by atoms with E-state index in [0.717, 1.165) is 57.9 Å². The molecule has 130 valence electrons. The molecule has 1 aromatic rings. The van der Waals surface area contributed by atoms with E-state index in [9.17, 15) is 4.79 Å². The molecular formula is C17H31N5O. The third kappa shape index (κ3) is 5.62. The van der Waals surface area contributed by atoms with Crippen molar-refractivity contribution in [1.82, 2.24) is 24.5 Å². The number of aromatic nitrogens is 2. The summed E-state index contributed by atoms with van der Waals surface area (Å²) in [4.78, 5) is 18.8. The molecule has 0 unspecified atom stereocenters. The molecule has 0 saturated carbocycles. The number of carbonyl (C=O) groups excluding carboxylic acids is 1. The molecule has 0 spiro atoms. The van der Waals surface area contributed by atoms with Crippen LogP contribution in [-0.2, 0) is 11.3 Å². The lowest BCUT2D eigenvalue weighted by Gasteiger charge is -2.32. The van der Waals surface area contributed by atoms with E-state index in [0.29, 0.717) is 6.42 Å². The number of nitrogens with zero attached hydrogens (tertiary/aromatic N) is 5. The Morgan fingerprint density at radius 3 is 2.52 bits per heavy atom. The predicted octanol–water partition coefficient (Wildman–Crippen LogP) is 0.986. The lowest BCUT2D eigenvalue weighted by molar-refractivity contribution is -0.130. The van der Waals surface area contributed by atoms with Crippen molar-refractivity contribution >= 4 is 5.91 Å². The number of piperazine rings is 1. The van der Waals surface area contributed by atoms with E-state index in [4.69, 9.17) is 0 Å². The minimum Gasteiger partial charge on any atom is -0.346 e. The molecule has 0 bridgehead atoms. The van der Waals surface area contributed by atoms with E-state index in [2.05, 4.69) is 34.9 Å². The highest BCUT2D eigenvalue weighted by Crippen LogP contribution is 2.05. The molecule has 1 amide bonds. The lowest BCUT2D eigenvalue weighted by Crippen LogP contribution is -2.45. The van der Waals surface area contributed by atoms with Gasteiger partial charge in [0.25, 0.3) is 0 Å². The maximum atomic E-state index is 12.2. The second kappa shape index (κ2) is 8.45. The van der Waals surface area contributed by atoms with Crippen LogP contribution in [-0.4, -0.2) is 83.8 Å². The molecule has 0 atom stereocenters. The lowest BCUT2D eigenvalue weighted by atomic mass is 10.2. The van der Waals surface area contributed by atoms with Gasteiger partial charge in [-0.15, -0.1) is 0 Å². The molecule has 1 aromatic heterocycles. The molecule has 0 aliphatic carbocycles. The Balaban J connectivity index is 1.63. The molecule has 23 heavy (non-hydrogen) atoms. The molecule has 0 N–H and O–H groups in total. The molecule has 6 heteroatoms. The van der Waals surface area contributed by atoms with Crippen LogP contribution >= 0.6 is 0 Å². The minimum absolute atomic E-state index is 0.247. The highest BCUT2D eigenvalue weighted by Gasteiger charge is 2.16. The summed E-state index contributed by atoms with van der Waals surface area (Å²) in [6.45, 7) is 11.0. The fourth-order valence-corrected chi connectivity index (χ4v) is 3.00. The van der Waals surface area contributed by atoms with Crippen LogP contribution in [0.15, 0.2) is 6.07 Å². The van der Waals surface area contributed by atoms with Crippen molar-refractivity contribution in [3.05, 3.63) is 17.5 Å². The fraction of sp³-hybridized carbons (Fsp3) is 0.765. The maximum absolute atomic E-state index is 12.2. The monoisotopic (exact) mass is 321 g/mol. The average molecular weight is 321 g/mol. The summed E-state index contributed by atoms with van der Waals surface area (Å²) in [5.74, 6) is 0.247. The zero-order chi connectivity index (χ0) is 16.8. The van der Waals surface area contributed by atoms with Gasteiger partial charge < -0.3 is 14.7 Å². The summed E-state index contributed by atoms with van der Waals surface area (Å²) in [6.07, 6.45) is 1.57. The summed E-state index contributed by atoms with van der Waals surface area (Å²) >= 11 is 0. The van der Waals surface area contributed by atoms with Gasteiger partial charge in [0.05, 0.1) is 5.69 Å². The SMILES string of the molecule is Cc1cc(C)n(CCCN(C)C(=O)CCN2CCN(C)CC2)n1. The van der Waals surface area contributed by atoms with Crippen LogP contribution in [0.4, 0.5) is 0 Å². The topological polar surface area (TPSA) is 44.6 Å². The van der Waals surface area contributed by atoms with Crippen LogP contribution in [0.3, 0.4) is 0 Å². The second-order valence-electron chi connectivity index (χ2n) is 6.71. The Kier molecular flexibility index (Phi) is 6.59. The van der Waals surface area contributed by atoms with Crippen molar-refractivity contribution in [3.63, 3.8) is 0 Å². The Hall–Kier alpha value is -1.40. The van der Waals surface area contributed by atoms with E-state index in [-0.39, 0.29) is 5.91 Å². The number of amides is 1. The third-order valence-electron chi connectivity index (χ3n) is 4.63.